The minimum Gasteiger partial charge on any atom is -0.398 e. The lowest BCUT2D eigenvalue weighted by molar-refractivity contribution is -0.118. The van der Waals surface area contributed by atoms with E-state index in [1.54, 1.807) is 18.5 Å². The third-order valence-corrected chi connectivity index (χ3v) is 1.98. The minimum absolute atomic E-state index is 0.180. The van der Waals surface area contributed by atoms with Gasteiger partial charge in [-0.2, -0.15) is 0 Å². The van der Waals surface area contributed by atoms with Gasteiger partial charge in [-0.1, -0.05) is 0 Å². The summed E-state index contributed by atoms with van der Waals surface area (Å²) in [6.07, 6.45) is 4.18. The largest absolute Gasteiger partial charge is 0.398 e. The van der Waals surface area contributed by atoms with Gasteiger partial charge in [0.25, 0.3) is 0 Å². The quantitative estimate of drug-likeness (QED) is 0.709. The SMILES string of the molecule is CNCCC(=O)Cc1cnccc1N. The zero-order valence-electron chi connectivity index (χ0n) is 8.29. The molecule has 1 rings (SSSR count). The lowest BCUT2D eigenvalue weighted by Gasteiger charge is -2.03. The number of anilines is 1. The van der Waals surface area contributed by atoms with Crippen molar-refractivity contribution in [3.63, 3.8) is 0 Å². The number of Topliss-reactive ketones (excluding diaryl/α,β-unsaturated/α-hetero) is 1. The fourth-order valence-electron chi connectivity index (χ4n) is 1.15. The molecule has 0 aliphatic heterocycles. The number of hydrogen-bond acceptors (Lipinski definition) is 4. The summed E-state index contributed by atoms with van der Waals surface area (Å²) >= 11 is 0. The zero-order chi connectivity index (χ0) is 10.4. The third kappa shape index (κ3) is 3.14. The number of carbonyl (C=O) groups excluding carboxylic acids is 1. The van der Waals surface area contributed by atoms with Crippen molar-refractivity contribution < 1.29 is 4.79 Å². The summed E-state index contributed by atoms with van der Waals surface area (Å²) in [4.78, 5) is 15.3. The molecule has 0 fully saturated rings. The Morgan fingerprint density at radius 3 is 3.07 bits per heavy atom. The first-order valence-corrected chi connectivity index (χ1v) is 4.58. The molecule has 1 aromatic rings. The average molecular weight is 193 g/mol. The highest BCUT2D eigenvalue weighted by Crippen LogP contribution is 2.10. The van der Waals surface area contributed by atoms with Crippen LogP contribution < -0.4 is 11.1 Å². The molecule has 0 saturated heterocycles. The van der Waals surface area contributed by atoms with E-state index in [4.69, 9.17) is 5.73 Å². The van der Waals surface area contributed by atoms with Gasteiger partial charge in [-0.25, -0.2) is 0 Å². The van der Waals surface area contributed by atoms with Gasteiger partial charge in [-0.3, -0.25) is 9.78 Å². The molecule has 14 heavy (non-hydrogen) atoms. The summed E-state index contributed by atoms with van der Waals surface area (Å²) < 4.78 is 0. The summed E-state index contributed by atoms with van der Waals surface area (Å²) in [5, 5.41) is 2.93. The van der Waals surface area contributed by atoms with Gasteiger partial charge in [-0.05, 0) is 13.1 Å². The molecule has 76 valence electrons. The average Bonchev–Trinajstić information content (AvgIpc) is 2.18. The van der Waals surface area contributed by atoms with Crippen molar-refractivity contribution in [3.05, 3.63) is 24.0 Å². The molecule has 0 aliphatic rings. The maximum Gasteiger partial charge on any atom is 0.138 e. The molecule has 0 aliphatic carbocycles. The van der Waals surface area contributed by atoms with E-state index in [0.717, 1.165) is 5.56 Å². The number of rotatable bonds is 5. The molecule has 4 heteroatoms. The Morgan fingerprint density at radius 1 is 1.64 bits per heavy atom. The molecule has 4 nitrogen and oxygen atoms in total. The molecule has 0 saturated carbocycles. The van der Waals surface area contributed by atoms with Gasteiger partial charge < -0.3 is 11.1 Å². The number of aromatic nitrogens is 1. The van der Waals surface area contributed by atoms with E-state index in [2.05, 4.69) is 10.3 Å². The van der Waals surface area contributed by atoms with Crippen molar-refractivity contribution >= 4 is 11.5 Å². The second-order valence-corrected chi connectivity index (χ2v) is 3.14. The number of pyridine rings is 1. The van der Waals surface area contributed by atoms with E-state index >= 15 is 0 Å². The summed E-state index contributed by atoms with van der Waals surface area (Å²) in [6, 6.07) is 1.71. The van der Waals surface area contributed by atoms with Crippen LogP contribution in [0.1, 0.15) is 12.0 Å². The lowest BCUT2D eigenvalue weighted by Crippen LogP contribution is -2.14. The first-order valence-electron chi connectivity index (χ1n) is 4.58. The Kier molecular flexibility index (Phi) is 4.07. The van der Waals surface area contributed by atoms with Crippen LogP contribution in [0.2, 0.25) is 0 Å². The highest BCUT2D eigenvalue weighted by molar-refractivity contribution is 5.82. The maximum atomic E-state index is 11.4. The van der Waals surface area contributed by atoms with Crippen molar-refractivity contribution in [2.24, 2.45) is 0 Å². The molecule has 1 aromatic heterocycles. The van der Waals surface area contributed by atoms with Crippen molar-refractivity contribution in [2.45, 2.75) is 12.8 Å². The van der Waals surface area contributed by atoms with Crippen LogP contribution in [0.4, 0.5) is 5.69 Å². The van der Waals surface area contributed by atoms with Gasteiger partial charge in [0, 0.05) is 43.0 Å². The predicted octanol–water partition coefficient (Wildman–Crippen LogP) is 0.385. The fraction of sp³-hybridized carbons (Fsp3) is 0.400. The number of nitrogens with two attached hydrogens (primary N) is 1. The Balaban J connectivity index is 2.52. The summed E-state index contributed by atoms with van der Waals surface area (Å²) in [5.74, 6) is 0.180. The van der Waals surface area contributed by atoms with E-state index in [-0.39, 0.29) is 5.78 Å². The van der Waals surface area contributed by atoms with Crippen molar-refractivity contribution in [2.75, 3.05) is 19.3 Å². The zero-order valence-corrected chi connectivity index (χ0v) is 8.29. The van der Waals surface area contributed by atoms with Gasteiger partial charge in [0.1, 0.15) is 5.78 Å². The highest BCUT2D eigenvalue weighted by atomic mass is 16.1. The molecule has 0 radical (unpaired) electrons. The molecule has 1 heterocycles. The summed E-state index contributed by atoms with van der Waals surface area (Å²) in [6.45, 7) is 0.707. The Morgan fingerprint density at radius 2 is 2.43 bits per heavy atom. The monoisotopic (exact) mass is 193 g/mol. The van der Waals surface area contributed by atoms with Gasteiger partial charge in [0.05, 0.1) is 0 Å². The molecule has 0 atom stereocenters. The van der Waals surface area contributed by atoms with Gasteiger partial charge >= 0.3 is 0 Å². The Labute approximate surface area is 83.5 Å². The summed E-state index contributed by atoms with van der Waals surface area (Å²) in [5.41, 5.74) is 7.14. The standard InChI is InChI=1S/C10H15N3O/c1-12-4-2-9(14)6-8-7-13-5-3-10(8)11/h3,5,7,12H,2,4,6H2,1H3,(H2,11,13). The first-order chi connectivity index (χ1) is 6.74. The van der Waals surface area contributed by atoms with Crippen molar-refractivity contribution in [1.29, 1.82) is 0 Å². The van der Waals surface area contributed by atoms with Crippen LogP contribution in [0.5, 0.6) is 0 Å². The van der Waals surface area contributed by atoms with Gasteiger partial charge in [0.2, 0.25) is 0 Å². The normalized spacial score (nSPS) is 10.1. The van der Waals surface area contributed by atoms with Crippen LogP contribution >= 0.6 is 0 Å². The summed E-state index contributed by atoms with van der Waals surface area (Å²) in [7, 11) is 1.83. The number of nitrogens with one attached hydrogen (secondary N) is 1. The van der Waals surface area contributed by atoms with Crippen molar-refractivity contribution in [1.82, 2.24) is 10.3 Å². The number of ketones is 1. The number of nitrogen functional groups attached to an aromatic ring is 1. The molecule has 0 bridgehead atoms. The van der Waals surface area contributed by atoms with Crippen LogP contribution in [0.3, 0.4) is 0 Å². The molecule has 0 unspecified atom stereocenters. The van der Waals surface area contributed by atoms with E-state index in [0.29, 0.717) is 25.1 Å². The molecule has 0 amide bonds. The van der Waals surface area contributed by atoms with Gasteiger partial charge in [0.15, 0.2) is 0 Å². The molecule has 0 aromatic carbocycles. The number of nitrogens with zero attached hydrogens (tertiary/aromatic N) is 1. The van der Waals surface area contributed by atoms with Gasteiger partial charge in [-0.15, -0.1) is 0 Å². The third-order valence-electron chi connectivity index (χ3n) is 1.98. The molecule has 3 N–H and O–H groups in total. The molecular formula is C10H15N3O. The smallest absolute Gasteiger partial charge is 0.138 e. The lowest BCUT2D eigenvalue weighted by atomic mass is 10.1. The molecule has 0 spiro atoms. The second-order valence-electron chi connectivity index (χ2n) is 3.14. The van der Waals surface area contributed by atoms with Crippen molar-refractivity contribution in [3.8, 4) is 0 Å². The number of carbonyl (C=O) groups is 1. The molecular weight excluding hydrogens is 178 g/mol. The Hall–Kier alpha value is -1.42. The van der Waals surface area contributed by atoms with E-state index in [1.807, 2.05) is 7.05 Å². The Bertz CT molecular complexity index is 312. The van der Waals surface area contributed by atoms with Crippen LogP contribution in [0, 0.1) is 0 Å². The van der Waals surface area contributed by atoms with Crippen LogP contribution in [0.25, 0.3) is 0 Å². The van der Waals surface area contributed by atoms with Crippen LogP contribution in [0.15, 0.2) is 18.5 Å². The second kappa shape index (κ2) is 5.34. The highest BCUT2D eigenvalue weighted by Gasteiger charge is 2.05. The van der Waals surface area contributed by atoms with Crippen LogP contribution in [-0.2, 0) is 11.2 Å². The van der Waals surface area contributed by atoms with E-state index in [9.17, 15) is 4.79 Å². The maximum absolute atomic E-state index is 11.4. The fourth-order valence-corrected chi connectivity index (χ4v) is 1.15. The van der Waals surface area contributed by atoms with E-state index < -0.39 is 0 Å². The van der Waals surface area contributed by atoms with E-state index in [1.165, 1.54) is 0 Å². The minimum atomic E-state index is 0.180. The first kappa shape index (κ1) is 10.7. The number of hydrogen-bond donors (Lipinski definition) is 2. The topological polar surface area (TPSA) is 68.0 Å². The van der Waals surface area contributed by atoms with Crippen LogP contribution in [-0.4, -0.2) is 24.4 Å². The predicted molar refractivity (Wildman–Crippen MR) is 55.9 cm³/mol.